The second kappa shape index (κ2) is 13.6. The fourth-order valence-corrected chi connectivity index (χ4v) is 8.47. The van der Waals surface area contributed by atoms with E-state index in [2.05, 4.69) is 15.4 Å². The van der Waals surface area contributed by atoms with Crippen LogP contribution < -0.4 is 15.4 Å². The summed E-state index contributed by atoms with van der Waals surface area (Å²) < 4.78 is 60.9. The van der Waals surface area contributed by atoms with Crippen LogP contribution in [0.5, 0.6) is 0 Å². The van der Waals surface area contributed by atoms with Gasteiger partial charge in [-0.1, -0.05) is 50.9 Å². The van der Waals surface area contributed by atoms with Crippen molar-refractivity contribution in [3.8, 4) is 0 Å². The molecule has 3 fully saturated rings. The highest BCUT2D eigenvalue weighted by atomic mass is 35.5. The lowest BCUT2D eigenvalue weighted by Gasteiger charge is -2.31. The molecular formula is C34H40ClF2N5O7S. The summed E-state index contributed by atoms with van der Waals surface area (Å²) in [4.78, 5) is 57.8. The second-order valence-electron chi connectivity index (χ2n) is 13.9. The summed E-state index contributed by atoms with van der Waals surface area (Å²) in [6.45, 7) is 5.62. The Bertz CT molecular complexity index is 1830. The zero-order chi connectivity index (χ0) is 36.1. The Morgan fingerprint density at radius 1 is 1.08 bits per heavy atom. The van der Waals surface area contributed by atoms with E-state index in [4.69, 9.17) is 16.3 Å². The average molecular weight is 736 g/mol. The molecule has 0 aromatic heterocycles. The summed E-state index contributed by atoms with van der Waals surface area (Å²) in [7, 11) is -3.89. The van der Waals surface area contributed by atoms with Crippen molar-refractivity contribution in [1.29, 1.82) is 0 Å². The van der Waals surface area contributed by atoms with Crippen LogP contribution in [0.1, 0.15) is 64.0 Å². The number of halogens is 3. The third kappa shape index (κ3) is 7.11. The van der Waals surface area contributed by atoms with Crippen LogP contribution in [0.2, 0.25) is 5.02 Å². The standard InChI is InChI=1S/C34H40ClF2N5O7S/c1-4-20-14-34(20,32(45)40-50(47,48)23-9-10-23)39-30(43)28-13-22(49-33(46)41-15-19-6-5-7-25(35)24(19)17-41)16-42(28)31(44)29(18(2)3)38-21-8-11-26(36)27(37)12-21/h5-8,11-12,18,20,22-23,28-29,38H,4,9-10,13-17H2,1-3H3,(H,39,43)(H,40,45). The average Bonchev–Trinajstić information content (AvgIpc) is 3.95. The van der Waals surface area contributed by atoms with Gasteiger partial charge in [0.15, 0.2) is 11.6 Å². The van der Waals surface area contributed by atoms with E-state index >= 15 is 0 Å². The van der Waals surface area contributed by atoms with Gasteiger partial charge in [-0.25, -0.2) is 22.0 Å². The lowest BCUT2D eigenvalue weighted by molar-refractivity contribution is -0.140. The number of likely N-dealkylation sites (tertiary alicyclic amines) is 1. The molecular weight excluding hydrogens is 696 g/mol. The van der Waals surface area contributed by atoms with Crippen molar-refractivity contribution < 1.29 is 41.1 Å². The molecule has 4 aliphatic rings. The lowest BCUT2D eigenvalue weighted by atomic mass is 10.0. The van der Waals surface area contributed by atoms with Gasteiger partial charge in [0.25, 0.3) is 5.91 Å². The van der Waals surface area contributed by atoms with Crippen molar-refractivity contribution in [3.05, 3.63) is 64.2 Å². The molecule has 4 amide bonds. The minimum absolute atomic E-state index is 0.101. The minimum atomic E-state index is -3.89. The molecule has 0 bridgehead atoms. The number of hydrogen-bond donors (Lipinski definition) is 3. The third-order valence-electron chi connectivity index (χ3n) is 10.0. The molecule has 2 heterocycles. The SMILES string of the molecule is CCC1CC1(NC(=O)C1CC(OC(=O)N2Cc3cccc(Cl)c3C2)CN1C(=O)C(Nc1ccc(F)c(F)c1)C(C)C)C(=O)NS(=O)(=O)C1CC1. The van der Waals surface area contributed by atoms with Crippen LogP contribution in [0, 0.1) is 23.5 Å². The first-order valence-electron chi connectivity index (χ1n) is 16.8. The van der Waals surface area contributed by atoms with Gasteiger partial charge in [-0.05, 0) is 60.4 Å². The van der Waals surface area contributed by atoms with Crippen LogP contribution in [0.15, 0.2) is 36.4 Å². The van der Waals surface area contributed by atoms with Crippen molar-refractivity contribution in [2.75, 3.05) is 11.9 Å². The first-order valence-corrected chi connectivity index (χ1v) is 18.7. The highest BCUT2D eigenvalue weighted by Crippen LogP contribution is 2.47. The Labute approximate surface area is 294 Å². The molecule has 50 heavy (non-hydrogen) atoms. The number of nitrogens with zero attached hydrogens (tertiary/aromatic N) is 2. The molecule has 5 atom stereocenters. The maximum atomic E-state index is 14.2. The number of ether oxygens (including phenoxy) is 1. The van der Waals surface area contributed by atoms with Crippen molar-refractivity contribution in [2.45, 2.75) is 94.9 Å². The summed E-state index contributed by atoms with van der Waals surface area (Å²) in [6.07, 6.45) is -0.0833. The summed E-state index contributed by atoms with van der Waals surface area (Å²) in [5.74, 6) is -4.99. The Kier molecular flexibility index (Phi) is 9.76. The van der Waals surface area contributed by atoms with Crippen molar-refractivity contribution in [3.63, 3.8) is 0 Å². The summed E-state index contributed by atoms with van der Waals surface area (Å²) in [5.41, 5.74) is 0.332. The zero-order valence-corrected chi connectivity index (χ0v) is 29.5. The molecule has 12 nitrogen and oxygen atoms in total. The number of sulfonamides is 1. The van der Waals surface area contributed by atoms with E-state index in [-0.39, 0.29) is 44.1 Å². The molecule has 2 saturated carbocycles. The van der Waals surface area contributed by atoms with Gasteiger partial charge in [0.05, 0.1) is 18.3 Å². The maximum Gasteiger partial charge on any atom is 0.410 e. The van der Waals surface area contributed by atoms with E-state index in [1.165, 1.54) is 15.9 Å². The van der Waals surface area contributed by atoms with Crippen LogP contribution in [0.25, 0.3) is 0 Å². The molecule has 6 rings (SSSR count). The van der Waals surface area contributed by atoms with Crippen LogP contribution >= 0.6 is 11.6 Å². The number of anilines is 1. The molecule has 16 heteroatoms. The highest BCUT2D eigenvalue weighted by molar-refractivity contribution is 7.91. The predicted octanol–water partition coefficient (Wildman–Crippen LogP) is 4.07. The number of benzene rings is 2. The van der Waals surface area contributed by atoms with E-state index < -0.39 is 80.4 Å². The quantitative estimate of drug-likeness (QED) is 0.312. The molecule has 1 saturated heterocycles. The van der Waals surface area contributed by atoms with Crippen molar-refractivity contribution in [2.24, 2.45) is 11.8 Å². The van der Waals surface area contributed by atoms with Gasteiger partial charge in [0.1, 0.15) is 23.7 Å². The fraction of sp³-hybridized carbons (Fsp3) is 0.529. The number of rotatable bonds is 11. The van der Waals surface area contributed by atoms with E-state index in [0.29, 0.717) is 24.3 Å². The van der Waals surface area contributed by atoms with Crippen molar-refractivity contribution in [1.82, 2.24) is 19.8 Å². The van der Waals surface area contributed by atoms with Gasteiger partial charge in [-0.3, -0.25) is 24.0 Å². The van der Waals surface area contributed by atoms with Gasteiger partial charge < -0.3 is 20.3 Å². The molecule has 2 aliphatic carbocycles. The first-order chi connectivity index (χ1) is 23.6. The largest absolute Gasteiger partial charge is 0.444 e. The van der Waals surface area contributed by atoms with E-state index in [1.54, 1.807) is 26.0 Å². The van der Waals surface area contributed by atoms with Crippen molar-refractivity contribution >= 4 is 51.1 Å². The second-order valence-corrected chi connectivity index (χ2v) is 16.3. The number of amides is 4. The number of nitrogens with one attached hydrogen (secondary N) is 3. The number of fused-ring (bicyclic) bond motifs is 1. The monoisotopic (exact) mass is 735 g/mol. The molecule has 2 aliphatic heterocycles. The van der Waals surface area contributed by atoms with Crippen LogP contribution in [-0.2, 0) is 42.2 Å². The maximum absolute atomic E-state index is 14.2. The summed E-state index contributed by atoms with van der Waals surface area (Å²) in [6, 6.07) is 6.31. The zero-order valence-electron chi connectivity index (χ0n) is 27.9. The first kappa shape index (κ1) is 35.8. The Balaban J connectivity index is 1.23. The molecule has 270 valence electrons. The molecule has 2 aromatic carbocycles. The Hall–Kier alpha value is -3.98. The molecule has 0 spiro atoms. The van der Waals surface area contributed by atoms with Gasteiger partial charge in [0, 0.05) is 29.7 Å². The normalized spacial score (nSPS) is 24.8. The van der Waals surface area contributed by atoms with Gasteiger partial charge in [-0.15, -0.1) is 0 Å². The van der Waals surface area contributed by atoms with Crippen LogP contribution in [0.4, 0.5) is 19.3 Å². The van der Waals surface area contributed by atoms with Gasteiger partial charge in [-0.2, -0.15) is 0 Å². The van der Waals surface area contributed by atoms with E-state index in [0.717, 1.165) is 23.3 Å². The fourth-order valence-electron chi connectivity index (χ4n) is 6.86. The van der Waals surface area contributed by atoms with E-state index in [1.807, 2.05) is 13.0 Å². The van der Waals surface area contributed by atoms with Gasteiger partial charge in [0.2, 0.25) is 21.8 Å². The molecule has 2 aromatic rings. The highest BCUT2D eigenvalue weighted by Gasteiger charge is 2.62. The van der Waals surface area contributed by atoms with Crippen LogP contribution in [-0.4, -0.2) is 77.6 Å². The van der Waals surface area contributed by atoms with E-state index in [9.17, 15) is 36.4 Å². The molecule has 0 radical (unpaired) electrons. The lowest BCUT2D eigenvalue weighted by Crippen LogP contribution is -2.58. The van der Waals surface area contributed by atoms with Crippen LogP contribution in [0.3, 0.4) is 0 Å². The summed E-state index contributed by atoms with van der Waals surface area (Å²) in [5, 5.41) is 5.59. The topological polar surface area (TPSA) is 154 Å². The Morgan fingerprint density at radius 3 is 2.44 bits per heavy atom. The predicted molar refractivity (Wildman–Crippen MR) is 179 cm³/mol. The van der Waals surface area contributed by atoms with Gasteiger partial charge >= 0.3 is 6.09 Å². The molecule has 5 unspecified atom stereocenters. The summed E-state index contributed by atoms with van der Waals surface area (Å²) >= 11 is 6.33. The number of hydrogen-bond acceptors (Lipinski definition) is 8. The Morgan fingerprint density at radius 2 is 1.82 bits per heavy atom. The number of carbonyl (C=O) groups excluding carboxylic acids is 4. The molecule has 3 N–H and O–H groups in total. The minimum Gasteiger partial charge on any atom is -0.444 e. The smallest absolute Gasteiger partial charge is 0.410 e. The third-order valence-corrected chi connectivity index (χ3v) is 12.2. The number of carbonyl (C=O) groups is 4.